The van der Waals surface area contributed by atoms with Crippen molar-refractivity contribution in [2.24, 2.45) is 0 Å². The number of esters is 1. The standard InChI is InChI=1S/C17H13BrN4O2/c18-13-3-1-2-12(10-13)17(8-9-17)16(23)24-15-6-4-14(5-7-15)22-11-19-20-21-22/h1-7,10-11H,8-9H2. The molecule has 24 heavy (non-hydrogen) atoms. The van der Waals surface area contributed by atoms with Crippen LogP contribution in [0.2, 0.25) is 0 Å². The van der Waals surface area contributed by atoms with Gasteiger partial charge in [-0.15, -0.1) is 5.10 Å². The highest BCUT2D eigenvalue weighted by molar-refractivity contribution is 9.10. The first-order valence-electron chi connectivity index (χ1n) is 7.49. The third kappa shape index (κ3) is 2.71. The topological polar surface area (TPSA) is 69.9 Å². The van der Waals surface area contributed by atoms with Gasteiger partial charge in [-0.1, -0.05) is 28.1 Å². The lowest BCUT2D eigenvalue weighted by Gasteiger charge is -2.15. The summed E-state index contributed by atoms with van der Waals surface area (Å²) in [6, 6.07) is 14.9. The second kappa shape index (κ2) is 5.83. The van der Waals surface area contributed by atoms with Crippen molar-refractivity contribution in [1.82, 2.24) is 20.2 Å². The Morgan fingerprint density at radius 2 is 1.96 bits per heavy atom. The van der Waals surface area contributed by atoms with Crippen molar-refractivity contribution in [3.05, 3.63) is 64.9 Å². The summed E-state index contributed by atoms with van der Waals surface area (Å²) in [6.07, 6.45) is 3.13. The lowest BCUT2D eigenvalue weighted by Crippen LogP contribution is -2.25. The lowest BCUT2D eigenvalue weighted by atomic mass is 9.96. The first kappa shape index (κ1) is 15.0. The fourth-order valence-corrected chi connectivity index (χ4v) is 3.07. The zero-order valence-corrected chi connectivity index (χ0v) is 14.2. The molecule has 0 spiro atoms. The average molecular weight is 385 g/mol. The Bertz CT molecular complexity index is 874. The van der Waals surface area contributed by atoms with Crippen molar-refractivity contribution in [3.8, 4) is 11.4 Å². The lowest BCUT2D eigenvalue weighted by molar-refractivity contribution is -0.137. The molecule has 0 aliphatic heterocycles. The van der Waals surface area contributed by atoms with Gasteiger partial charge in [0.05, 0.1) is 11.1 Å². The van der Waals surface area contributed by atoms with E-state index >= 15 is 0 Å². The quantitative estimate of drug-likeness (QED) is 0.510. The van der Waals surface area contributed by atoms with Crippen LogP contribution in [-0.2, 0) is 10.2 Å². The number of ether oxygens (including phenoxy) is 1. The van der Waals surface area contributed by atoms with Crippen LogP contribution in [0.25, 0.3) is 5.69 Å². The Labute approximate surface area is 146 Å². The summed E-state index contributed by atoms with van der Waals surface area (Å²) in [6.45, 7) is 0. The van der Waals surface area contributed by atoms with E-state index in [0.29, 0.717) is 5.75 Å². The molecule has 2 aromatic carbocycles. The molecule has 0 unspecified atom stereocenters. The maximum atomic E-state index is 12.6. The van der Waals surface area contributed by atoms with Crippen molar-refractivity contribution >= 4 is 21.9 Å². The van der Waals surface area contributed by atoms with E-state index in [1.54, 1.807) is 24.3 Å². The molecule has 0 atom stereocenters. The van der Waals surface area contributed by atoms with Gasteiger partial charge in [-0.2, -0.15) is 0 Å². The highest BCUT2D eigenvalue weighted by Gasteiger charge is 2.53. The minimum absolute atomic E-state index is 0.212. The van der Waals surface area contributed by atoms with Gasteiger partial charge in [0.1, 0.15) is 12.1 Å². The van der Waals surface area contributed by atoms with Crippen LogP contribution in [0.5, 0.6) is 5.75 Å². The van der Waals surface area contributed by atoms with Crippen molar-refractivity contribution < 1.29 is 9.53 Å². The average Bonchev–Trinajstić information content (AvgIpc) is 3.23. The van der Waals surface area contributed by atoms with E-state index in [0.717, 1.165) is 28.6 Å². The zero-order valence-electron chi connectivity index (χ0n) is 12.6. The number of rotatable bonds is 4. The predicted molar refractivity (Wildman–Crippen MR) is 89.8 cm³/mol. The molecule has 0 N–H and O–H groups in total. The second-order valence-electron chi connectivity index (χ2n) is 5.73. The molecular weight excluding hydrogens is 372 g/mol. The maximum absolute atomic E-state index is 12.6. The molecular formula is C17H13BrN4O2. The largest absolute Gasteiger partial charge is 0.426 e. The molecule has 1 aliphatic carbocycles. The van der Waals surface area contributed by atoms with Crippen LogP contribution in [0.4, 0.5) is 0 Å². The molecule has 0 amide bonds. The summed E-state index contributed by atoms with van der Waals surface area (Å²) in [4.78, 5) is 12.6. The number of carbonyl (C=O) groups is 1. The predicted octanol–water partition coefficient (Wildman–Crippen LogP) is 3.06. The molecule has 1 saturated carbocycles. The smallest absolute Gasteiger partial charge is 0.321 e. The molecule has 0 radical (unpaired) electrons. The Kier molecular flexibility index (Phi) is 3.65. The van der Waals surface area contributed by atoms with Crippen molar-refractivity contribution in [1.29, 1.82) is 0 Å². The van der Waals surface area contributed by atoms with Crippen molar-refractivity contribution in [3.63, 3.8) is 0 Å². The fraction of sp³-hybridized carbons (Fsp3) is 0.176. The molecule has 0 bridgehead atoms. The first-order chi connectivity index (χ1) is 11.7. The molecule has 1 aliphatic rings. The highest BCUT2D eigenvalue weighted by atomic mass is 79.9. The van der Waals surface area contributed by atoms with E-state index in [4.69, 9.17) is 4.74 Å². The third-order valence-corrected chi connectivity index (χ3v) is 4.67. The van der Waals surface area contributed by atoms with Crippen LogP contribution >= 0.6 is 15.9 Å². The van der Waals surface area contributed by atoms with E-state index in [1.807, 2.05) is 24.3 Å². The molecule has 1 aromatic heterocycles. The number of hydrogen-bond acceptors (Lipinski definition) is 5. The molecule has 0 saturated heterocycles. The minimum atomic E-state index is -0.516. The molecule has 1 heterocycles. The van der Waals surface area contributed by atoms with Gasteiger partial charge in [0, 0.05) is 4.47 Å². The molecule has 3 aromatic rings. The number of hydrogen-bond donors (Lipinski definition) is 0. The van der Waals surface area contributed by atoms with E-state index in [-0.39, 0.29) is 5.97 Å². The minimum Gasteiger partial charge on any atom is -0.426 e. The molecule has 7 heteroatoms. The van der Waals surface area contributed by atoms with Gasteiger partial charge in [0.25, 0.3) is 0 Å². The normalized spacial score (nSPS) is 15.0. The summed E-state index contributed by atoms with van der Waals surface area (Å²) >= 11 is 3.45. The van der Waals surface area contributed by atoms with Crippen LogP contribution in [-0.4, -0.2) is 26.2 Å². The summed E-state index contributed by atoms with van der Waals surface area (Å²) < 4.78 is 8.09. The monoisotopic (exact) mass is 384 g/mol. The number of benzene rings is 2. The van der Waals surface area contributed by atoms with Gasteiger partial charge >= 0.3 is 5.97 Å². The molecule has 1 fully saturated rings. The summed E-state index contributed by atoms with van der Waals surface area (Å²) in [5.41, 5.74) is 1.28. The van der Waals surface area contributed by atoms with Crippen LogP contribution in [0.15, 0.2) is 59.3 Å². The van der Waals surface area contributed by atoms with Crippen LogP contribution < -0.4 is 4.74 Å². The Balaban J connectivity index is 1.52. The number of halogens is 1. The van der Waals surface area contributed by atoms with Gasteiger partial charge in [-0.25, -0.2) is 4.68 Å². The zero-order chi connectivity index (χ0) is 16.6. The summed E-state index contributed by atoms with van der Waals surface area (Å²) in [5.74, 6) is 0.300. The SMILES string of the molecule is O=C(Oc1ccc(-n2cnnn2)cc1)C1(c2cccc(Br)c2)CC1. The maximum Gasteiger partial charge on any atom is 0.321 e. The second-order valence-corrected chi connectivity index (χ2v) is 6.65. The highest BCUT2D eigenvalue weighted by Crippen LogP contribution is 2.49. The van der Waals surface area contributed by atoms with Crippen LogP contribution in [0.3, 0.4) is 0 Å². The van der Waals surface area contributed by atoms with E-state index < -0.39 is 5.41 Å². The number of aromatic nitrogens is 4. The van der Waals surface area contributed by atoms with Gasteiger partial charge in [-0.05, 0) is 65.2 Å². The van der Waals surface area contributed by atoms with E-state index in [2.05, 4.69) is 31.5 Å². The summed E-state index contributed by atoms with van der Waals surface area (Å²) in [7, 11) is 0. The number of nitrogens with zero attached hydrogens (tertiary/aromatic N) is 4. The van der Waals surface area contributed by atoms with Crippen LogP contribution in [0, 0.1) is 0 Å². The Hall–Kier alpha value is -2.54. The molecule has 6 nitrogen and oxygen atoms in total. The molecule has 120 valence electrons. The molecule has 4 rings (SSSR count). The van der Waals surface area contributed by atoms with E-state index in [9.17, 15) is 4.79 Å². The van der Waals surface area contributed by atoms with E-state index in [1.165, 1.54) is 11.0 Å². The van der Waals surface area contributed by atoms with Gasteiger partial charge < -0.3 is 4.74 Å². The summed E-state index contributed by atoms with van der Waals surface area (Å²) in [5, 5.41) is 11.0. The number of carbonyl (C=O) groups excluding carboxylic acids is 1. The van der Waals surface area contributed by atoms with Gasteiger partial charge in [-0.3, -0.25) is 4.79 Å². The Morgan fingerprint density at radius 1 is 1.17 bits per heavy atom. The Morgan fingerprint density at radius 3 is 2.58 bits per heavy atom. The number of tetrazole rings is 1. The fourth-order valence-electron chi connectivity index (χ4n) is 2.67. The first-order valence-corrected chi connectivity index (χ1v) is 8.28. The van der Waals surface area contributed by atoms with Crippen LogP contribution in [0.1, 0.15) is 18.4 Å². The van der Waals surface area contributed by atoms with Crippen molar-refractivity contribution in [2.75, 3.05) is 0 Å². The van der Waals surface area contributed by atoms with Crippen molar-refractivity contribution in [2.45, 2.75) is 18.3 Å². The third-order valence-electron chi connectivity index (χ3n) is 4.18. The van der Waals surface area contributed by atoms with Gasteiger partial charge in [0.15, 0.2) is 0 Å². The van der Waals surface area contributed by atoms with Gasteiger partial charge in [0.2, 0.25) is 0 Å².